The summed E-state index contributed by atoms with van der Waals surface area (Å²) in [6.07, 6.45) is 3.10. The van der Waals surface area contributed by atoms with Crippen molar-refractivity contribution in [2.75, 3.05) is 13.2 Å². The van der Waals surface area contributed by atoms with Crippen molar-refractivity contribution in [2.24, 2.45) is 23.2 Å². The molecule has 2 bridgehead atoms. The molecule has 4 fully saturated rings. The van der Waals surface area contributed by atoms with Crippen LogP contribution >= 0.6 is 7.60 Å². The van der Waals surface area contributed by atoms with Crippen molar-refractivity contribution in [2.45, 2.75) is 97.8 Å². The number of carbonyl (C=O) groups excluding carboxylic acids is 2. The molecule has 11 heteroatoms. The Morgan fingerprint density at radius 3 is 2.22 bits per heavy atom. The molecule has 46 heavy (non-hydrogen) atoms. The van der Waals surface area contributed by atoms with Gasteiger partial charge in [-0.25, -0.2) is 0 Å². The smallest absolute Gasteiger partial charge is 0.404 e. The van der Waals surface area contributed by atoms with Crippen molar-refractivity contribution in [3.63, 3.8) is 0 Å². The van der Waals surface area contributed by atoms with Crippen LogP contribution in [0.25, 0.3) is 0 Å². The maximum atomic E-state index is 14.1. The van der Waals surface area contributed by atoms with Gasteiger partial charge in [-0.05, 0) is 93.0 Å². The minimum absolute atomic E-state index is 0.00406. The molecule has 3 saturated carbocycles. The molecule has 9 nitrogen and oxygen atoms in total. The van der Waals surface area contributed by atoms with Crippen LogP contribution in [0.15, 0.2) is 54.6 Å². The first-order chi connectivity index (χ1) is 21.8. The highest BCUT2D eigenvalue weighted by Gasteiger charge is 2.68. The Labute approximate surface area is 274 Å². The maximum absolute atomic E-state index is 14.1. The Kier molecular flexibility index (Phi) is 10.6. The summed E-state index contributed by atoms with van der Waals surface area (Å²) in [5.74, 6) is 0.227. The first kappa shape index (κ1) is 34.8. The quantitative estimate of drug-likeness (QED) is 0.199. The number of rotatable bonds is 14. The van der Waals surface area contributed by atoms with Crippen LogP contribution in [0.2, 0.25) is 0 Å². The standard InChI is InChI=1S/C35H50BN2O7P/c1-8-42-46(41,43-9-2)27-17-15-25(16-18-27)32(39)37-28(20-24-13-11-10-12-14-24)33(40)38-31(19-23(3)4)36-44-30-22-26-21-29(34(26,5)6)35(30,7)45-36/h10-18,23,26,28-31H,8-9,19-22H2,1-7H3,(H,37,39)(H,38,40)/t26?,28?,29-,30?,31+,35+/m1/s1. The van der Waals surface area contributed by atoms with E-state index in [-0.39, 0.29) is 48.1 Å². The Balaban J connectivity index is 1.33. The third-order valence-electron chi connectivity index (χ3n) is 10.3. The summed E-state index contributed by atoms with van der Waals surface area (Å²) in [5.41, 5.74) is 1.07. The lowest BCUT2D eigenvalue weighted by Crippen LogP contribution is -2.65. The Morgan fingerprint density at radius 2 is 1.63 bits per heavy atom. The van der Waals surface area contributed by atoms with Crippen LogP contribution in [0.4, 0.5) is 0 Å². The van der Waals surface area contributed by atoms with E-state index in [1.54, 1.807) is 38.1 Å². The normalized spacial score (nSPS) is 26.2. The third kappa shape index (κ3) is 7.02. The zero-order valence-electron chi connectivity index (χ0n) is 28.3. The number of nitrogens with one attached hydrogen (secondary N) is 2. The zero-order chi connectivity index (χ0) is 33.3. The molecule has 4 aliphatic rings. The summed E-state index contributed by atoms with van der Waals surface area (Å²) < 4.78 is 37.4. The van der Waals surface area contributed by atoms with E-state index >= 15 is 0 Å². The van der Waals surface area contributed by atoms with Gasteiger partial charge in [-0.3, -0.25) is 14.2 Å². The van der Waals surface area contributed by atoms with E-state index in [0.29, 0.717) is 35.5 Å². The summed E-state index contributed by atoms with van der Waals surface area (Å²) in [6.45, 7) is 15.0. The molecule has 6 atom stereocenters. The lowest BCUT2D eigenvalue weighted by atomic mass is 9.43. The SMILES string of the molecule is CCOP(=O)(OCC)c1ccc(C(=O)NC(Cc2ccccc2)C(=O)N[C@@H](CC(C)C)B2OC3CC4C[C@H](C4(C)C)[C@]3(C)O2)cc1. The van der Waals surface area contributed by atoms with Gasteiger partial charge in [0, 0.05) is 12.0 Å². The van der Waals surface area contributed by atoms with E-state index in [1.165, 1.54) is 0 Å². The van der Waals surface area contributed by atoms with E-state index < -0.39 is 26.7 Å². The highest BCUT2D eigenvalue weighted by Crippen LogP contribution is 2.65. The van der Waals surface area contributed by atoms with Gasteiger partial charge in [0.2, 0.25) is 5.91 Å². The molecular weight excluding hydrogens is 602 g/mol. The largest absolute Gasteiger partial charge is 0.481 e. The van der Waals surface area contributed by atoms with Gasteiger partial charge in [-0.2, -0.15) is 0 Å². The van der Waals surface area contributed by atoms with E-state index in [0.717, 1.165) is 18.4 Å². The Morgan fingerprint density at radius 1 is 0.978 bits per heavy atom. The molecule has 0 aromatic heterocycles. The van der Waals surface area contributed by atoms with E-state index in [4.69, 9.17) is 18.4 Å². The van der Waals surface area contributed by atoms with Gasteiger partial charge < -0.3 is 29.0 Å². The second kappa shape index (κ2) is 13.9. The Hall–Kier alpha value is -2.49. The van der Waals surface area contributed by atoms with Crippen molar-refractivity contribution in [1.29, 1.82) is 0 Å². The molecule has 0 radical (unpaired) electrons. The summed E-state index contributed by atoms with van der Waals surface area (Å²) >= 11 is 0. The molecule has 0 spiro atoms. The average Bonchev–Trinajstić information content (AvgIpc) is 3.38. The van der Waals surface area contributed by atoms with Gasteiger partial charge in [0.05, 0.1) is 36.2 Å². The van der Waals surface area contributed by atoms with Gasteiger partial charge in [-0.15, -0.1) is 0 Å². The number of benzene rings is 2. The molecule has 3 aliphatic carbocycles. The summed E-state index contributed by atoms with van der Waals surface area (Å²) in [6, 6.07) is 15.1. The van der Waals surface area contributed by atoms with Crippen LogP contribution < -0.4 is 15.9 Å². The number of carbonyl (C=O) groups is 2. The highest BCUT2D eigenvalue weighted by atomic mass is 31.2. The molecule has 6 rings (SSSR count). The van der Waals surface area contributed by atoms with Crippen LogP contribution in [-0.2, 0) is 34.1 Å². The molecule has 2 aromatic rings. The maximum Gasteiger partial charge on any atom is 0.481 e. The van der Waals surface area contributed by atoms with Crippen LogP contribution in [0.5, 0.6) is 0 Å². The lowest BCUT2D eigenvalue weighted by Gasteiger charge is -2.64. The van der Waals surface area contributed by atoms with Gasteiger partial charge in [0.25, 0.3) is 5.91 Å². The van der Waals surface area contributed by atoms with Crippen molar-refractivity contribution in [3.8, 4) is 0 Å². The fourth-order valence-electron chi connectivity index (χ4n) is 7.72. The minimum atomic E-state index is -3.49. The molecule has 2 aromatic carbocycles. The highest BCUT2D eigenvalue weighted by molar-refractivity contribution is 7.62. The van der Waals surface area contributed by atoms with Gasteiger partial charge >= 0.3 is 14.7 Å². The van der Waals surface area contributed by atoms with E-state index in [2.05, 4.69) is 45.3 Å². The second-order valence-corrected chi connectivity index (χ2v) is 16.2. The van der Waals surface area contributed by atoms with Crippen LogP contribution in [-0.4, -0.2) is 55.8 Å². The molecule has 1 aliphatic heterocycles. The topological polar surface area (TPSA) is 112 Å². The molecule has 1 heterocycles. The number of amides is 2. The molecule has 250 valence electrons. The molecule has 2 amide bonds. The van der Waals surface area contributed by atoms with Crippen molar-refractivity contribution < 1.29 is 32.5 Å². The van der Waals surface area contributed by atoms with Crippen molar-refractivity contribution in [3.05, 3.63) is 65.7 Å². The second-order valence-electron chi connectivity index (χ2n) is 14.2. The van der Waals surface area contributed by atoms with Gasteiger partial charge in [0.1, 0.15) is 6.04 Å². The van der Waals surface area contributed by atoms with E-state index in [9.17, 15) is 14.2 Å². The van der Waals surface area contributed by atoms with Gasteiger partial charge in [0.15, 0.2) is 0 Å². The van der Waals surface area contributed by atoms with Crippen molar-refractivity contribution in [1.82, 2.24) is 10.6 Å². The summed E-state index contributed by atoms with van der Waals surface area (Å²) in [5, 5.41) is 6.55. The first-order valence-corrected chi connectivity index (χ1v) is 18.3. The average molecular weight is 653 g/mol. The third-order valence-corrected chi connectivity index (χ3v) is 12.4. The molecule has 3 unspecified atom stereocenters. The van der Waals surface area contributed by atoms with Crippen molar-refractivity contribution >= 4 is 31.8 Å². The number of hydrogen-bond acceptors (Lipinski definition) is 7. The van der Waals surface area contributed by atoms with Crippen LogP contribution in [0.3, 0.4) is 0 Å². The fourth-order valence-corrected chi connectivity index (χ4v) is 9.29. The lowest BCUT2D eigenvalue weighted by molar-refractivity contribution is -0.199. The van der Waals surface area contributed by atoms with Gasteiger partial charge in [-0.1, -0.05) is 58.0 Å². The minimum Gasteiger partial charge on any atom is -0.404 e. The number of hydrogen-bond donors (Lipinski definition) is 2. The summed E-state index contributed by atoms with van der Waals surface area (Å²) in [7, 11) is -4.06. The summed E-state index contributed by atoms with van der Waals surface area (Å²) in [4.78, 5) is 27.6. The van der Waals surface area contributed by atoms with Crippen LogP contribution in [0, 0.1) is 23.2 Å². The van der Waals surface area contributed by atoms with E-state index in [1.807, 2.05) is 30.3 Å². The molecule has 2 N–H and O–H groups in total. The van der Waals surface area contributed by atoms with Crippen LogP contribution in [0.1, 0.15) is 83.7 Å². The first-order valence-electron chi connectivity index (χ1n) is 16.8. The predicted octanol–water partition coefficient (Wildman–Crippen LogP) is 5.72. The molecule has 1 saturated heterocycles. The fraction of sp³-hybridized carbons (Fsp3) is 0.600. The zero-order valence-corrected chi connectivity index (χ0v) is 29.2. The predicted molar refractivity (Wildman–Crippen MR) is 180 cm³/mol. The monoisotopic (exact) mass is 652 g/mol. The molecular formula is C35H50BN2O7P. The Bertz CT molecular complexity index is 1410.